The van der Waals surface area contributed by atoms with Gasteiger partial charge in [-0.05, 0) is 56.6 Å². The lowest BCUT2D eigenvalue weighted by atomic mass is 10.0. The number of aromatic amines is 1. The molecule has 1 aromatic carbocycles. The molecule has 3 N–H and O–H groups in total. The summed E-state index contributed by atoms with van der Waals surface area (Å²) in [6, 6.07) is 6.02. The number of likely N-dealkylation sites (N-methyl/N-ethyl adjacent to an activating group) is 1. The van der Waals surface area contributed by atoms with Crippen LogP contribution < -0.4 is 5.32 Å². The number of H-pyrrole nitrogens is 1. The monoisotopic (exact) mass is 345 g/mol. The second-order valence-corrected chi connectivity index (χ2v) is 6.70. The molecule has 1 atom stereocenters. The fraction of sp³-hybridized carbons (Fsp3) is 0.444. The summed E-state index contributed by atoms with van der Waals surface area (Å²) < 4.78 is 4.90. The Hall–Kier alpha value is -2.54. The Bertz CT molecular complexity index is 797. The van der Waals surface area contributed by atoms with Crippen LogP contribution in [0.25, 0.3) is 10.9 Å². The van der Waals surface area contributed by atoms with Crippen LogP contribution in [-0.4, -0.2) is 60.3 Å². The van der Waals surface area contributed by atoms with Gasteiger partial charge in [-0.15, -0.1) is 0 Å². The van der Waals surface area contributed by atoms with Crippen molar-refractivity contribution in [3.63, 3.8) is 0 Å². The van der Waals surface area contributed by atoms with E-state index in [1.807, 2.05) is 31.1 Å². The molecule has 0 saturated carbocycles. The van der Waals surface area contributed by atoms with E-state index in [-0.39, 0.29) is 17.8 Å². The standard InChI is InChI=1S/C18H23N3O4/c1-21(2)8-7-13-14-9-11(3-5-12-10-25-18(24)19-12)4-6-15(14)20-16(13)17(22)23/h4,6,9,12,20H,3,5,7-8,10H2,1-2H3,(H,19,24)(H,22,23)/t12-/m0/s1. The summed E-state index contributed by atoms with van der Waals surface area (Å²) in [6.07, 6.45) is 1.90. The van der Waals surface area contributed by atoms with Crippen molar-refractivity contribution in [1.29, 1.82) is 0 Å². The number of cyclic esters (lactones) is 1. The van der Waals surface area contributed by atoms with Gasteiger partial charge in [0.15, 0.2) is 0 Å². The van der Waals surface area contributed by atoms with Crippen LogP contribution >= 0.6 is 0 Å². The van der Waals surface area contributed by atoms with Crippen LogP contribution in [0, 0.1) is 0 Å². The van der Waals surface area contributed by atoms with Gasteiger partial charge in [-0.1, -0.05) is 6.07 Å². The van der Waals surface area contributed by atoms with Gasteiger partial charge in [-0.25, -0.2) is 9.59 Å². The fourth-order valence-corrected chi connectivity index (χ4v) is 3.15. The summed E-state index contributed by atoms with van der Waals surface area (Å²) in [5.74, 6) is -0.933. The summed E-state index contributed by atoms with van der Waals surface area (Å²) in [6.45, 7) is 1.19. The van der Waals surface area contributed by atoms with Gasteiger partial charge in [0, 0.05) is 17.4 Å². The summed E-state index contributed by atoms with van der Waals surface area (Å²) in [5.41, 5.74) is 3.07. The minimum atomic E-state index is -0.933. The van der Waals surface area contributed by atoms with Gasteiger partial charge in [0.2, 0.25) is 0 Å². The summed E-state index contributed by atoms with van der Waals surface area (Å²) >= 11 is 0. The summed E-state index contributed by atoms with van der Waals surface area (Å²) in [4.78, 5) is 27.7. The zero-order valence-corrected chi connectivity index (χ0v) is 14.5. The quantitative estimate of drug-likeness (QED) is 0.714. The van der Waals surface area contributed by atoms with Crippen LogP contribution in [0.2, 0.25) is 0 Å². The Morgan fingerprint density at radius 2 is 2.16 bits per heavy atom. The molecule has 0 spiro atoms. The highest BCUT2D eigenvalue weighted by Crippen LogP contribution is 2.25. The number of carboxylic acid groups (broad SMARTS) is 1. The van der Waals surface area contributed by atoms with Gasteiger partial charge in [0.25, 0.3) is 0 Å². The number of fused-ring (bicyclic) bond motifs is 1. The van der Waals surface area contributed by atoms with Crippen molar-refractivity contribution in [2.45, 2.75) is 25.3 Å². The zero-order valence-electron chi connectivity index (χ0n) is 14.5. The lowest BCUT2D eigenvalue weighted by Gasteiger charge is -2.10. The topological polar surface area (TPSA) is 94.7 Å². The van der Waals surface area contributed by atoms with E-state index in [1.165, 1.54) is 0 Å². The Labute approximate surface area is 146 Å². The number of nitrogens with one attached hydrogen (secondary N) is 2. The van der Waals surface area contributed by atoms with Gasteiger partial charge in [-0.3, -0.25) is 0 Å². The highest BCUT2D eigenvalue weighted by molar-refractivity contribution is 5.97. The normalized spacial score (nSPS) is 17.1. The van der Waals surface area contributed by atoms with E-state index in [2.05, 4.69) is 16.4 Å². The lowest BCUT2D eigenvalue weighted by Crippen LogP contribution is -2.26. The molecule has 0 radical (unpaired) electrons. The fourth-order valence-electron chi connectivity index (χ4n) is 3.15. The molecule has 1 saturated heterocycles. The van der Waals surface area contributed by atoms with E-state index in [0.717, 1.165) is 41.4 Å². The molecule has 2 aromatic rings. The number of hydrogen-bond donors (Lipinski definition) is 3. The molecule has 1 aliphatic rings. The number of aromatic carboxylic acids is 1. The molecule has 2 heterocycles. The number of aryl methyl sites for hydroxylation is 1. The summed E-state index contributed by atoms with van der Waals surface area (Å²) in [5, 5.41) is 13.2. The smallest absolute Gasteiger partial charge is 0.407 e. The number of alkyl carbamates (subject to hydrolysis) is 1. The van der Waals surface area contributed by atoms with E-state index < -0.39 is 5.97 Å². The maximum absolute atomic E-state index is 11.6. The minimum Gasteiger partial charge on any atom is -0.477 e. The molecule has 3 rings (SSSR count). The number of carbonyl (C=O) groups is 2. The SMILES string of the molecule is CN(C)CCc1c(C(=O)O)[nH]c2ccc(CC[C@H]3COC(=O)N3)cc12. The maximum Gasteiger partial charge on any atom is 0.407 e. The predicted molar refractivity (Wildman–Crippen MR) is 94.1 cm³/mol. The van der Waals surface area contributed by atoms with Gasteiger partial charge in [0.1, 0.15) is 12.3 Å². The molecule has 0 aliphatic carbocycles. The average molecular weight is 345 g/mol. The number of carboxylic acids is 1. The van der Waals surface area contributed by atoms with Crippen LogP contribution in [0.4, 0.5) is 4.79 Å². The maximum atomic E-state index is 11.6. The van der Waals surface area contributed by atoms with Gasteiger partial charge in [0.05, 0.1) is 6.04 Å². The second-order valence-electron chi connectivity index (χ2n) is 6.70. The highest BCUT2D eigenvalue weighted by Gasteiger charge is 2.22. The third-order valence-electron chi connectivity index (χ3n) is 4.51. The highest BCUT2D eigenvalue weighted by atomic mass is 16.6. The second kappa shape index (κ2) is 7.14. The van der Waals surface area contributed by atoms with Crippen LogP contribution in [0.3, 0.4) is 0 Å². The van der Waals surface area contributed by atoms with Gasteiger partial charge in [-0.2, -0.15) is 0 Å². The van der Waals surface area contributed by atoms with E-state index in [4.69, 9.17) is 4.74 Å². The van der Waals surface area contributed by atoms with Gasteiger partial charge >= 0.3 is 12.1 Å². The van der Waals surface area contributed by atoms with E-state index >= 15 is 0 Å². The number of rotatable bonds is 7. The van der Waals surface area contributed by atoms with Crippen molar-refractivity contribution < 1.29 is 19.4 Å². The minimum absolute atomic E-state index is 0.0391. The molecule has 1 fully saturated rings. The first-order valence-electron chi connectivity index (χ1n) is 8.39. The molecular formula is C18H23N3O4. The zero-order chi connectivity index (χ0) is 18.0. The number of carbonyl (C=O) groups excluding carboxylic acids is 1. The van der Waals surface area contributed by atoms with Crippen LogP contribution in [0.15, 0.2) is 18.2 Å². The molecule has 0 bridgehead atoms. The van der Waals surface area contributed by atoms with Crippen molar-refractivity contribution in [2.24, 2.45) is 0 Å². The number of aromatic nitrogens is 1. The molecule has 1 aromatic heterocycles. The largest absolute Gasteiger partial charge is 0.477 e. The molecule has 7 nitrogen and oxygen atoms in total. The molecular weight excluding hydrogens is 322 g/mol. The number of ether oxygens (including phenoxy) is 1. The molecule has 25 heavy (non-hydrogen) atoms. The molecule has 7 heteroatoms. The number of benzene rings is 1. The van der Waals surface area contributed by atoms with Crippen LogP contribution in [0.5, 0.6) is 0 Å². The Morgan fingerprint density at radius 1 is 1.36 bits per heavy atom. The molecule has 1 aliphatic heterocycles. The van der Waals surface area contributed by atoms with E-state index in [1.54, 1.807) is 0 Å². The third-order valence-corrected chi connectivity index (χ3v) is 4.51. The van der Waals surface area contributed by atoms with Gasteiger partial charge < -0.3 is 25.0 Å². The van der Waals surface area contributed by atoms with Crippen LogP contribution in [0.1, 0.15) is 28.0 Å². The molecule has 134 valence electrons. The van der Waals surface area contributed by atoms with E-state index in [9.17, 15) is 14.7 Å². The molecule has 0 unspecified atom stereocenters. The number of amides is 1. The Morgan fingerprint density at radius 3 is 2.80 bits per heavy atom. The Kier molecular flexibility index (Phi) is 4.94. The predicted octanol–water partition coefficient (Wildman–Crippen LogP) is 2.01. The van der Waals surface area contributed by atoms with Crippen molar-refractivity contribution in [3.05, 3.63) is 35.0 Å². The Balaban J connectivity index is 1.83. The van der Waals surface area contributed by atoms with Crippen LogP contribution in [-0.2, 0) is 17.6 Å². The first-order valence-corrected chi connectivity index (χ1v) is 8.39. The lowest BCUT2D eigenvalue weighted by molar-refractivity contribution is 0.0690. The van der Waals surface area contributed by atoms with Crippen molar-refractivity contribution >= 4 is 23.0 Å². The van der Waals surface area contributed by atoms with Crippen molar-refractivity contribution in [2.75, 3.05) is 27.2 Å². The van der Waals surface area contributed by atoms with Crippen molar-refractivity contribution in [1.82, 2.24) is 15.2 Å². The van der Waals surface area contributed by atoms with Crippen molar-refractivity contribution in [3.8, 4) is 0 Å². The average Bonchev–Trinajstić information content (AvgIpc) is 3.14. The first-order chi connectivity index (χ1) is 11.9. The number of nitrogens with zero attached hydrogens (tertiary/aromatic N) is 1. The number of hydrogen-bond acceptors (Lipinski definition) is 4. The third kappa shape index (κ3) is 3.93. The molecule has 1 amide bonds. The summed E-state index contributed by atoms with van der Waals surface area (Å²) in [7, 11) is 3.94. The van der Waals surface area contributed by atoms with E-state index in [0.29, 0.717) is 13.0 Å². The first kappa shape index (κ1) is 17.3.